The van der Waals surface area contributed by atoms with Gasteiger partial charge in [-0.3, -0.25) is 0 Å². The number of ether oxygens (including phenoxy) is 1. The van der Waals surface area contributed by atoms with Crippen LogP contribution in [0.1, 0.15) is 0 Å². The van der Waals surface area contributed by atoms with Gasteiger partial charge in [-0.15, -0.1) is 0 Å². The molecule has 180 valence electrons. The predicted octanol–water partition coefficient (Wildman–Crippen LogP) is 9.51. The summed E-state index contributed by atoms with van der Waals surface area (Å²) >= 11 is 0. The highest BCUT2D eigenvalue weighted by Gasteiger charge is 2.17. The number of benzene rings is 6. The standard InChI is InChI=1S/C35H23NO2/c1-37-26-13-11-22(12-14-26)28-18-24-19-35-23(15-16-38-35)17-29(24)31-21-34-32(20-30(28)31)27-9-5-6-10-33(27)36(34)25-7-3-2-4-8-25/h2-21H,1H3. The molecule has 8 aromatic rings. The van der Waals surface area contributed by atoms with Gasteiger partial charge in [0, 0.05) is 21.8 Å². The molecule has 2 aromatic heterocycles. The van der Waals surface area contributed by atoms with E-state index in [-0.39, 0.29) is 0 Å². The van der Waals surface area contributed by atoms with Crippen molar-refractivity contribution in [2.24, 2.45) is 0 Å². The zero-order valence-electron chi connectivity index (χ0n) is 20.8. The first kappa shape index (κ1) is 21.1. The number of methoxy groups -OCH3 is 1. The van der Waals surface area contributed by atoms with Gasteiger partial charge in [0.05, 0.1) is 24.4 Å². The van der Waals surface area contributed by atoms with E-state index in [4.69, 9.17) is 9.15 Å². The van der Waals surface area contributed by atoms with Crippen LogP contribution in [0.5, 0.6) is 5.75 Å². The first-order valence-corrected chi connectivity index (χ1v) is 12.8. The number of furan rings is 1. The molecule has 0 bridgehead atoms. The van der Waals surface area contributed by atoms with E-state index in [2.05, 4.69) is 102 Å². The van der Waals surface area contributed by atoms with Crippen LogP contribution in [-0.4, -0.2) is 11.7 Å². The summed E-state index contributed by atoms with van der Waals surface area (Å²) in [6, 6.07) is 41.2. The Morgan fingerprint density at radius 1 is 0.579 bits per heavy atom. The van der Waals surface area contributed by atoms with Crippen molar-refractivity contribution in [3.8, 4) is 22.6 Å². The zero-order chi connectivity index (χ0) is 25.2. The second kappa shape index (κ2) is 7.99. The molecule has 8 rings (SSSR count). The van der Waals surface area contributed by atoms with Crippen LogP contribution in [-0.2, 0) is 0 Å². The Kier molecular flexibility index (Phi) is 4.44. The van der Waals surface area contributed by atoms with E-state index >= 15 is 0 Å². The lowest BCUT2D eigenvalue weighted by atomic mass is 9.91. The van der Waals surface area contributed by atoms with Crippen LogP contribution in [0.15, 0.2) is 126 Å². The molecule has 3 nitrogen and oxygen atoms in total. The summed E-state index contributed by atoms with van der Waals surface area (Å²) < 4.78 is 13.6. The first-order chi connectivity index (χ1) is 18.8. The van der Waals surface area contributed by atoms with Gasteiger partial charge < -0.3 is 13.7 Å². The second-order valence-electron chi connectivity index (χ2n) is 9.79. The summed E-state index contributed by atoms with van der Waals surface area (Å²) in [5, 5.41) is 8.44. The normalized spacial score (nSPS) is 11.8. The molecule has 0 saturated carbocycles. The third-order valence-electron chi connectivity index (χ3n) is 7.73. The SMILES string of the molecule is COc1ccc(-c2cc3cc4occc4cc3c3cc4c(cc23)c2ccccc2n4-c2ccccc2)cc1. The molecule has 0 atom stereocenters. The van der Waals surface area contributed by atoms with Crippen molar-refractivity contribution in [2.45, 2.75) is 0 Å². The molecule has 0 aliphatic rings. The molecule has 0 unspecified atom stereocenters. The zero-order valence-corrected chi connectivity index (χ0v) is 20.8. The highest BCUT2D eigenvalue weighted by atomic mass is 16.5. The highest BCUT2D eigenvalue weighted by molar-refractivity contribution is 6.22. The van der Waals surface area contributed by atoms with Crippen LogP contribution in [0.3, 0.4) is 0 Å². The average molecular weight is 490 g/mol. The number of rotatable bonds is 3. The number of hydrogen-bond donors (Lipinski definition) is 0. The summed E-state index contributed by atoms with van der Waals surface area (Å²) in [6.45, 7) is 0. The quantitative estimate of drug-likeness (QED) is 0.231. The van der Waals surface area contributed by atoms with Crippen molar-refractivity contribution < 1.29 is 9.15 Å². The fraction of sp³-hybridized carbons (Fsp3) is 0.0286. The molecular formula is C35H23NO2. The van der Waals surface area contributed by atoms with Crippen LogP contribution in [0.4, 0.5) is 0 Å². The summed E-state index contributed by atoms with van der Waals surface area (Å²) in [4.78, 5) is 0. The highest BCUT2D eigenvalue weighted by Crippen LogP contribution is 2.42. The van der Waals surface area contributed by atoms with Gasteiger partial charge in [-0.05, 0) is 99.4 Å². The molecular weight excluding hydrogens is 466 g/mol. The first-order valence-electron chi connectivity index (χ1n) is 12.8. The van der Waals surface area contributed by atoms with Gasteiger partial charge in [-0.2, -0.15) is 0 Å². The Morgan fingerprint density at radius 3 is 2.24 bits per heavy atom. The van der Waals surface area contributed by atoms with Crippen LogP contribution in [0, 0.1) is 0 Å². The third kappa shape index (κ3) is 3.02. The van der Waals surface area contributed by atoms with Crippen molar-refractivity contribution >= 4 is 54.3 Å². The van der Waals surface area contributed by atoms with E-state index in [1.807, 2.05) is 18.2 Å². The van der Waals surface area contributed by atoms with E-state index in [1.165, 1.54) is 43.5 Å². The molecule has 0 spiro atoms. The van der Waals surface area contributed by atoms with Gasteiger partial charge in [0.25, 0.3) is 0 Å². The minimum Gasteiger partial charge on any atom is -0.497 e. The Morgan fingerprint density at radius 2 is 1.39 bits per heavy atom. The Bertz CT molecular complexity index is 2150. The summed E-state index contributed by atoms with van der Waals surface area (Å²) in [7, 11) is 1.70. The maximum Gasteiger partial charge on any atom is 0.134 e. The van der Waals surface area contributed by atoms with Gasteiger partial charge in [-0.25, -0.2) is 0 Å². The lowest BCUT2D eigenvalue weighted by Crippen LogP contribution is -1.93. The van der Waals surface area contributed by atoms with Crippen molar-refractivity contribution in [1.29, 1.82) is 0 Å². The lowest BCUT2D eigenvalue weighted by molar-refractivity contribution is 0.415. The third-order valence-corrected chi connectivity index (χ3v) is 7.73. The fourth-order valence-corrected chi connectivity index (χ4v) is 5.94. The number of hydrogen-bond acceptors (Lipinski definition) is 2. The van der Waals surface area contributed by atoms with E-state index in [0.717, 1.165) is 33.4 Å². The molecule has 0 saturated heterocycles. The Balaban J connectivity index is 1.57. The molecule has 38 heavy (non-hydrogen) atoms. The minimum atomic E-state index is 0.851. The van der Waals surface area contributed by atoms with Gasteiger partial charge in [0.2, 0.25) is 0 Å². The Hall–Kier alpha value is -5.02. The molecule has 0 N–H and O–H groups in total. The van der Waals surface area contributed by atoms with Crippen LogP contribution in [0.25, 0.3) is 71.1 Å². The number of para-hydroxylation sites is 2. The topological polar surface area (TPSA) is 27.3 Å². The predicted molar refractivity (Wildman–Crippen MR) is 158 cm³/mol. The van der Waals surface area contributed by atoms with E-state index in [1.54, 1.807) is 13.4 Å². The van der Waals surface area contributed by atoms with Gasteiger partial charge in [0.15, 0.2) is 0 Å². The van der Waals surface area contributed by atoms with Crippen molar-refractivity contribution in [1.82, 2.24) is 4.57 Å². The van der Waals surface area contributed by atoms with Gasteiger partial charge >= 0.3 is 0 Å². The smallest absolute Gasteiger partial charge is 0.134 e. The van der Waals surface area contributed by atoms with Crippen LogP contribution >= 0.6 is 0 Å². The average Bonchev–Trinajstić information content (AvgIpc) is 3.57. The minimum absolute atomic E-state index is 0.851. The van der Waals surface area contributed by atoms with Crippen molar-refractivity contribution in [2.75, 3.05) is 7.11 Å². The van der Waals surface area contributed by atoms with Crippen molar-refractivity contribution in [3.63, 3.8) is 0 Å². The Labute approximate surface area is 219 Å². The molecule has 0 aliphatic heterocycles. The van der Waals surface area contributed by atoms with E-state index in [9.17, 15) is 0 Å². The number of aromatic nitrogens is 1. The molecule has 2 heterocycles. The molecule has 3 heteroatoms. The second-order valence-corrected chi connectivity index (χ2v) is 9.79. The van der Waals surface area contributed by atoms with Gasteiger partial charge in [-0.1, -0.05) is 48.5 Å². The summed E-state index contributed by atoms with van der Waals surface area (Å²) in [5.41, 5.74) is 6.81. The maximum atomic E-state index is 5.78. The van der Waals surface area contributed by atoms with Crippen molar-refractivity contribution in [3.05, 3.63) is 122 Å². The monoisotopic (exact) mass is 489 g/mol. The number of nitrogens with zero attached hydrogens (tertiary/aromatic N) is 1. The fourth-order valence-electron chi connectivity index (χ4n) is 5.94. The lowest BCUT2D eigenvalue weighted by Gasteiger charge is -2.14. The van der Waals surface area contributed by atoms with Crippen LogP contribution in [0.2, 0.25) is 0 Å². The summed E-state index contributed by atoms with van der Waals surface area (Å²) in [5.74, 6) is 0.851. The molecule has 0 amide bonds. The number of fused-ring (bicyclic) bond motifs is 7. The van der Waals surface area contributed by atoms with E-state index in [0.29, 0.717) is 0 Å². The van der Waals surface area contributed by atoms with Gasteiger partial charge in [0.1, 0.15) is 11.3 Å². The molecule has 0 radical (unpaired) electrons. The van der Waals surface area contributed by atoms with Crippen LogP contribution < -0.4 is 4.74 Å². The molecule has 6 aromatic carbocycles. The maximum absolute atomic E-state index is 5.78. The largest absolute Gasteiger partial charge is 0.497 e. The summed E-state index contributed by atoms with van der Waals surface area (Å²) in [6.07, 6.45) is 1.77. The molecule has 0 aliphatic carbocycles. The molecule has 0 fully saturated rings. The van der Waals surface area contributed by atoms with E-state index < -0.39 is 0 Å².